The third-order valence-corrected chi connectivity index (χ3v) is 3.91. The Morgan fingerprint density at radius 2 is 2.17 bits per heavy atom. The molecule has 12 heavy (non-hydrogen) atoms. The van der Waals surface area contributed by atoms with E-state index in [4.69, 9.17) is 11.6 Å². The first kappa shape index (κ1) is 10.1. The van der Waals surface area contributed by atoms with Gasteiger partial charge in [0.1, 0.15) is 0 Å². The fourth-order valence-corrected chi connectivity index (χ4v) is 2.14. The molecule has 1 heteroatoms. The van der Waals surface area contributed by atoms with Crippen molar-refractivity contribution >= 4 is 11.6 Å². The average Bonchev–Trinajstić information content (AvgIpc) is 1.94. The van der Waals surface area contributed by atoms with Gasteiger partial charge in [0.2, 0.25) is 0 Å². The van der Waals surface area contributed by atoms with E-state index in [1.165, 1.54) is 18.4 Å². The van der Waals surface area contributed by atoms with E-state index in [1.54, 1.807) is 0 Å². The molecular formula is C11H19Cl. The molecule has 70 valence electrons. The lowest BCUT2D eigenvalue weighted by molar-refractivity contribution is 0.253. The van der Waals surface area contributed by atoms with Crippen LogP contribution in [0, 0.1) is 11.8 Å². The molecule has 0 aromatic rings. The molecule has 1 fully saturated rings. The molecule has 0 radical (unpaired) electrons. The van der Waals surface area contributed by atoms with Gasteiger partial charge in [-0.05, 0) is 44.9 Å². The van der Waals surface area contributed by atoms with Crippen LogP contribution in [0.5, 0.6) is 0 Å². The van der Waals surface area contributed by atoms with Crippen LogP contribution in [0.25, 0.3) is 0 Å². The molecule has 0 heterocycles. The Bertz CT molecular complexity index is 181. The summed E-state index contributed by atoms with van der Waals surface area (Å²) in [6.45, 7) is 10.6. The molecule has 1 rings (SSSR count). The number of alkyl halides is 1. The van der Waals surface area contributed by atoms with Gasteiger partial charge < -0.3 is 0 Å². The minimum absolute atomic E-state index is 0.0337. The Morgan fingerprint density at radius 3 is 2.58 bits per heavy atom. The highest BCUT2D eigenvalue weighted by Gasteiger charge is 2.35. The molecule has 0 bridgehead atoms. The zero-order valence-corrected chi connectivity index (χ0v) is 9.12. The molecule has 0 amide bonds. The van der Waals surface area contributed by atoms with Crippen molar-refractivity contribution in [1.29, 1.82) is 0 Å². The maximum Gasteiger partial charge on any atom is 0.0444 e. The molecule has 0 saturated heterocycles. The highest BCUT2D eigenvalue weighted by molar-refractivity contribution is 6.23. The highest BCUT2D eigenvalue weighted by atomic mass is 35.5. The van der Waals surface area contributed by atoms with Crippen molar-refractivity contribution in [1.82, 2.24) is 0 Å². The summed E-state index contributed by atoms with van der Waals surface area (Å²) < 4.78 is 0. The Hall–Kier alpha value is 0.0300. The predicted octanol–water partition coefficient (Wildman–Crippen LogP) is 4.00. The highest BCUT2D eigenvalue weighted by Crippen LogP contribution is 2.42. The Kier molecular flexibility index (Phi) is 2.88. The van der Waals surface area contributed by atoms with E-state index in [-0.39, 0.29) is 4.87 Å². The van der Waals surface area contributed by atoms with Crippen LogP contribution in [0.3, 0.4) is 0 Å². The molecule has 0 nitrogen and oxygen atoms in total. The third-order valence-electron chi connectivity index (χ3n) is 3.34. The summed E-state index contributed by atoms with van der Waals surface area (Å²) in [5.74, 6) is 1.33. The van der Waals surface area contributed by atoms with Crippen LogP contribution < -0.4 is 0 Å². The number of rotatable bonds is 1. The molecule has 0 aromatic carbocycles. The van der Waals surface area contributed by atoms with Crippen LogP contribution in [-0.4, -0.2) is 4.87 Å². The zero-order valence-electron chi connectivity index (χ0n) is 8.36. The van der Waals surface area contributed by atoms with E-state index in [2.05, 4.69) is 27.4 Å². The van der Waals surface area contributed by atoms with Crippen molar-refractivity contribution in [3.8, 4) is 0 Å². The van der Waals surface area contributed by atoms with Crippen molar-refractivity contribution in [3.05, 3.63) is 12.2 Å². The largest absolute Gasteiger partial charge is 0.119 e. The topological polar surface area (TPSA) is 0 Å². The maximum atomic E-state index is 6.36. The molecule has 0 aliphatic heterocycles. The molecule has 0 N–H and O–H groups in total. The van der Waals surface area contributed by atoms with Crippen molar-refractivity contribution in [3.63, 3.8) is 0 Å². The quantitative estimate of drug-likeness (QED) is 0.429. The number of hydrogen-bond donors (Lipinski definition) is 0. The molecule has 1 aliphatic rings. The maximum absolute atomic E-state index is 6.36. The number of halogens is 1. The molecule has 0 spiro atoms. The Balaban J connectivity index is 2.58. The van der Waals surface area contributed by atoms with Gasteiger partial charge >= 0.3 is 0 Å². The lowest BCUT2D eigenvalue weighted by Gasteiger charge is -2.38. The second-order valence-electron chi connectivity index (χ2n) is 4.50. The van der Waals surface area contributed by atoms with Gasteiger partial charge in [-0.25, -0.2) is 0 Å². The van der Waals surface area contributed by atoms with Crippen LogP contribution in [0.4, 0.5) is 0 Å². The summed E-state index contributed by atoms with van der Waals surface area (Å²) in [6, 6.07) is 0. The normalized spacial score (nSPS) is 42.7. The minimum Gasteiger partial charge on any atom is -0.119 e. The number of allylic oxidation sites excluding steroid dienone is 1. The van der Waals surface area contributed by atoms with Gasteiger partial charge in [0.15, 0.2) is 0 Å². The molecular weight excluding hydrogens is 168 g/mol. The van der Waals surface area contributed by atoms with E-state index < -0.39 is 0 Å². The molecule has 3 atom stereocenters. The van der Waals surface area contributed by atoms with Crippen molar-refractivity contribution < 1.29 is 0 Å². The van der Waals surface area contributed by atoms with Gasteiger partial charge in [-0.3, -0.25) is 0 Å². The monoisotopic (exact) mass is 186 g/mol. The van der Waals surface area contributed by atoms with E-state index in [0.717, 1.165) is 6.42 Å². The van der Waals surface area contributed by atoms with E-state index in [0.29, 0.717) is 11.8 Å². The van der Waals surface area contributed by atoms with Crippen molar-refractivity contribution in [2.75, 3.05) is 0 Å². The van der Waals surface area contributed by atoms with Crippen molar-refractivity contribution in [2.45, 2.75) is 44.9 Å². The van der Waals surface area contributed by atoms with Crippen molar-refractivity contribution in [2.24, 2.45) is 11.8 Å². The Morgan fingerprint density at radius 1 is 1.58 bits per heavy atom. The first-order chi connectivity index (χ1) is 5.43. The van der Waals surface area contributed by atoms with Crippen LogP contribution in [0.1, 0.15) is 40.0 Å². The van der Waals surface area contributed by atoms with Crippen LogP contribution >= 0.6 is 11.6 Å². The summed E-state index contributed by atoms with van der Waals surface area (Å²) in [5.41, 5.74) is 1.33. The Labute approximate surface area is 81.0 Å². The third kappa shape index (κ3) is 2.04. The fraction of sp³-hybridized carbons (Fsp3) is 0.818. The summed E-state index contributed by atoms with van der Waals surface area (Å²) in [7, 11) is 0. The molecule has 0 unspecified atom stereocenters. The second-order valence-corrected chi connectivity index (χ2v) is 5.36. The van der Waals surface area contributed by atoms with Crippen LogP contribution in [0.15, 0.2) is 12.2 Å². The SMILES string of the molecule is C=C(C)[C@H]1CC[C@@](C)(Cl)[C@H](C)C1. The lowest BCUT2D eigenvalue weighted by atomic mass is 9.73. The van der Waals surface area contributed by atoms with E-state index >= 15 is 0 Å². The average molecular weight is 187 g/mol. The van der Waals surface area contributed by atoms with Gasteiger partial charge in [-0.15, -0.1) is 11.6 Å². The number of hydrogen-bond acceptors (Lipinski definition) is 0. The van der Waals surface area contributed by atoms with E-state index in [1.807, 2.05) is 0 Å². The lowest BCUT2D eigenvalue weighted by Crippen LogP contribution is -2.33. The minimum atomic E-state index is 0.0337. The summed E-state index contributed by atoms with van der Waals surface area (Å²) in [6.07, 6.45) is 3.57. The van der Waals surface area contributed by atoms with Gasteiger partial charge in [0, 0.05) is 4.87 Å². The molecule has 1 saturated carbocycles. The zero-order chi connectivity index (χ0) is 9.35. The molecule has 0 aromatic heterocycles. The first-order valence-corrected chi connectivity index (χ1v) is 5.15. The smallest absolute Gasteiger partial charge is 0.0444 e. The summed E-state index contributed by atoms with van der Waals surface area (Å²) in [5, 5.41) is 0. The summed E-state index contributed by atoms with van der Waals surface area (Å²) >= 11 is 6.36. The summed E-state index contributed by atoms with van der Waals surface area (Å²) in [4.78, 5) is 0.0337. The van der Waals surface area contributed by atoms with Gasteiger partial charge in [-0.1, -0.05) is 19.1 Å². The second kappa shape index (κ2) is 3.41. The van der Waals surface area contributed by atoms with E-state index in [9.17, 15) is 0 Å². The predicted molar refractivity (Wildman–Crippen MR) is 55.6 cm³/mol. The van der Waals surface area contributed by atoms with Gasteiger partial charge in [0.25, 0.3) is 0 Å². The van der Waals surface area contributed by atoms with Gasteiger partial charge in [-0.2, -0.15) is 0 Å². The first-order valence-electron chi connectivity index (χ1n) is 4.78. The standard InChI is InChI=1S/C11H19Cl/c1-8(2)10-5-6-11(4,12)9(3)7-10/h9-10H,1,5-7H2,2-4H3/t9-,10+,11-/m1/s1. The fourth-order valence-electron chi connectivity index (χ4n) is 1.94. The van der Waals surface area contributed by atoms with Crippen LogP contribution in [-0.2, 0) is 0 Å². The molecule has 1 aliphatic carbocycles. The van der Waals surface area contributed by atoms with Gasteiger partial charge in [0.05, 0.1) is 0 Å². The van der Waals surface area contributed by atoms with Crippen LogP contribution in [0.2, 0.25) is 0 Å².